The third-order valence-corrected chi connectivity index (χ3v) is 5.38. The van der Waals surface area contributed by atoms with Crippen LogP contribution in [0.2, 0.25) is 0 Å². The first kappa shape index (κ1) is 18.8. The highest BCUT2D eigenvalue weighted by molar-refractivity contribution is 5.92. The molecule has 2 amide bonds. The maximum absolute atomic E-state index is 12.6. The molecule has 0 saturated carbocycles. The summed E-state index contributed by atoms with van der Waals surface area (Å²) >= 11 is 0. The van der Waals surface area contributed by atoms with Crippen LogP contribution in [0.3, 0.4) is 0 Å². The van der Waals surface area contributed by atoms with Gasteiger partial charge in [0.25, 0.3) is 0 Å². The molecule has 2 aliphatic rings. The Kier molecular flexibility index (Phi) is 6.25. The Hall–Kier alpha value is -1.95. The maximum Gasteiger partial charge on any atom is 0.236 e. The number of hydrogen-bond donors (Lipinski definition) is 1. The topological polar surface area (TPSA) is 65.5 Å². The van der Waals surface area contributed by atoms with Crippen LogP contribution in [0.25, 0.3) is 0 Å². The first-order valence-electron chi connectivity index (χ1n) is 9.76. The van der Waals surface area contributed by atoms with E-state index in [1.54, 1.807) is 0 Å². The second-order valence-corrected chi connectivity index (χ2v) is 7.81. The van der Waals surface area contributed by atoms with E-state index in [2.05, 4.69) is 22.1 Å². The van der Waals surface area contributed by atoms with Crippen molar-refractivity contribution in [1.29, 1.82) is 0 Å². The van der Waals surface area contributed by atoms with E-state index in [4.69, 9.17) is 0 Å². The van der Waals surface area contributed by atoms with Crippen molar-refractivity contribution in [2.24, 2.45) is 11.8 Å². The van der Waals surface area contributed by atoms with Crippen molar-refractivity contribution in [3.63, 3.8) is 0 Å². The average molecular weight is 358 g/mol. The fraction of sp³-hybridized carbons (Fsp3) is 0.650. The van der Waals surface area contributed by atoms with E-state index in [0.29, 0.717) is 24.8 Å². The molecule has 0 radical (unpaired) electrons. The number of carbonyl (C=O) groups is 2. The van der Waals surface area contributed by atoms with Crippen LogP contribution in [0.15, 0.2) is 18.2 Å². The number of pyridine rings is 1. The van der Waals surface area contributed by atoms with Gasteiger partial charge < -0.3 is 10.2 Å². The van der Waals surface area contributed by atoms with E-state index >= 15 is 0 Å². The molecule has 6 nitrogen and oxygen atoms in total. The second kappa shape index (κ2) is 8.62. The monoisotopic (exact) mass is 358 g/mol. The summed E-state index contributed by atoms with van der Waals surface area (Å²) in [6.45, 7) is 7.83. The molecule has 1 aromatic heterocycles. The van der Waals surface area contributed by atoms with Crippen molar-refractivity contribution < 1.29 is 9.59 Å². The van der Waals surface area contributed by atoms with Gasteiger partial charge in [-0.1, -0.05) is 13.0 Å². The van der Waals surface area contributed by atoms with Gasteiger partial charge in [-0.05, 0) is 57.2 Å². The molecule has 142 valence electrons. The van der Waals surface area contributed by atoms with Gasteiger partial charge in [0.05, 0.1) is 12.5 Å². The van der Waals surface area contributed by atoms with E-state index in [0.717, 1.165) is 44.6 Å². The summed E-state index contributed by atoms with van der Waals surface area (Å²) in [6, 6.07) is 5.61. The summed E-state index contributed by atoms with van der Waals surface area (Å²) in [5.74, 6) is 1.32. The van der Waals surface area contributed by atoms with Gasteiger partial charge in [0.15, 0.2) is 0 Å². The minimum Gasteiger partial charge on any atom is -0.341 e. The van der Waals surface area contributed by atoms with Crippen molar-refractivity contribution in [3.8, 4) is 0 Å². The highest BCUT2D eigenvalue weighted by Crippen LogP contribution is 2.20. The molecule has 2 fully saturated rings. The number of rotatable bonds is 4. The molecule has 2 saturated heterocycles. The molecule has 1 N–H and O–H groups in total. The molecule has 26 heavy (non-hydrogen) atoms. The van der Waals surface area contributed by atoms with E-state index in [9.17, 15) is 9.59 Å². The summed E-state index contributed by atoms with van der Waals surface area (Å²) < 4.78 is 0. The molecule has 6 heteroatoms. The Labute approximate surface area is 156 Å². The van der Waals surface area contributed by atoms with E-state index < -0.39 is 0 Å². The van der Waals surface area contributed by atoms with Crippen molar-refractivity contribution in [1.82, 2.24) is 14.8 Å². The Balaban J connectivity index is 1.51. The van der Waals surface area contributed by atoms with E-state index in [-0.39, 0.29) is 17.7 Å². The highest BCUT2D eigenvalue weighted by Gasteiger charge is 2.29. The Bertz CT molecular complexity index is 648. The third kappa shape index (κ3) is 5.04. The molecular weight excluding hydrogens is 328 g/mol. The number of nitrogens with zero attached hydrogens (tertiary/aromatic N) is 3. The molecule has 3 heterocycles. The Morgan fingerprint density at radius 2 is 2.00 bits per heavy atom. The quantitative estimate of drug-likeness (QED) is 0.897. The molecule has 0 aromatic carbocycles. The Morgan fingerprint density at radius 3 is 2.77 bits per heavy atom. The van der Waals surface area contributed by atoms with Crippen molar-refractivity contribution in [3.05, 3.63) is 23.9 Å². The summed E-state index contributed by atoms with van der Waals surface area (Å²) in [5, 5.41) is 2.92. The maximum atomic E-state index is 12.6. The average Bonchev–Trinajstić information content (AvgIpc) is 2.62. The van der Waals surface area contributed by atoms with Crippen LogP contribution in [0.1, 0.15) is 38.3 Å². The molecule has 0 aliphatic carbocycles. The standard InChI is InChI=1S/C20H30N4O2/c1-15-6-4-11-24(12-15)19(25)14-23-10-5-8-17(13-23)20(26)22-18-9-3-7-16(2)21-18/h3,7,9,15,17H,4-6,8,10-14H2,1-2H3,(H,21,22,26). The van der Waals surface area contributed by atoms with Gasteiger partial charge in [0, 0.05) is 25.3 Å². The number of nitrogens with one attached hydrogen (secondary N) is 1. The van der Waals surface area contributed by atoms with Gasteiger partial charge in [-0.15, -0.1) is 0 Å². The van der Waals surface area contributed by atoms with Crippen LogP contribution in [-0.2, 0) is 9.59 Å². The van der Waals surface area contributed by atoms with Crippen LogP contribution >= 0.6 is 0 Å². The molecule has 2 unspecified atom stereocenters. The van der Waals surface area contributed by atoms with Gasteiger partial charge in [0.1, 0.15) is 5.82 Å². The summed E-state index contributed by atoms with van der Waals surface area (Å²) in [4.78, 5) is 33.6. The minimum absolute atomic E-state index is 0.00634. The van der Waals surface area contributed by atoms with Crippen LogP contribution in [-0.4, -0.2) is 59.3 Å². The number of anilines is 1. The van der Waals surface area contributed by atoms with Crippen LogP contribution in [0, 0.1) is 18.8 Å². The lowest BCUT2D eigenvalue weighted by atomic mass is 9.96. The SMILES string of the molecule is Cc1cccc(NC(=O)C2CCCN(CC(=O)N3CCCC(C)C3)C2)n1. The third-order valence-electron chi connectivity index (χ3n) is 5.38. The molecular formula is C20H30N4O2. The first-order chi connectivity index (χ1) is 12.5. The largest absolute Gasteiger partial charge is 0.341 e. The second-order valence-electron chi connectivity index (χ2n) is 7.81. The predicted molar refractivity (Wildman–Crippen MR) is 102 cm³/mol. The fourth-order valence-electron chi connectivity index (χ4n) is 3.96. The van der Waals surface area contributed by atoms with Crippen LogP contribution in [0.5, 0.6) is 0 Å². The van der Waals surface area contributed by atoms with Crippen molar-refractivity contribution >= 4 is 17.6 Å². The first-order valence-corrected chi connectivity index (χ1v) is 9.76. The fourth-order valence-corrected chi connectivity index (χ4v) is 3.96. The molecule has 1 aromatic rings. The Morgan fingerprint density at radius 1 is 1.19 bits per heavy atom. The number of piperidine rings is 2. The number of likely N-dealkylation sites (tertiary alicyclic amines) is 2. The minimum atomic E-state index is -0.0841. The van der Waals surface area contributed by atoms with E-state index in [1.165, 1.54) is 6.42 Å². The van der Waals surface area contributed by atoms with Crippen molar-refractivity contribution in [2.75, 3.05) is 38.0 Å². The molecule has 3 rings (SSSR count). The summed E-state index contributed by atoms with van der Waals surface area (Å²) in [6.07, 6.45) is 4.12. The summed E-state index contributed by atoms with van der Waals surface area (Å²) in [5.41, 5.74) is 0.884. The number of carbonyl (C=O) groups excluding carboxylic acids is 2. The molecule has 2 aliphatic heterocycles. The van der Waals surface area contributed by atoms with Gasteiger partial charge in [0.2, 0.25) is 11.8 Å². The zero-order chi connectivity index (χ0) is 18.5. The van der Waals surface area contributed by atoms with Gasteiger partial charge in [-0.3, -0.25) is 14.5 Å². The summed E-state index contributed by atoms with van der Waals surface area (Å²) in [7, 11) is 0. The molecule has 0 bridgehead atoms. The lowest BCUT2D eigenvalue weighted by molar-refractivity contribution is -0.135. The zero-order valence-electron chi connectivity index (χ0n) is 15.9. The van der Waals surface area contributed by atoms with Gasteiger partial charge in [-0.25, -0.2) is 4.98 Å². The predicted octanol–water partition coefficient (Wildman–Crippen LogP) is 2.30. The zero-order valence-corrected chi connectivity index (χ0v) is 15.9. The van der Waals surface area contributed by atoms with Gasteiger partial charge in [-0.2, -0.15) is 0 Å². The number of amides is 2. The smallest absolute Gasteiger partial charge is 0.236 e. The van der Waals surface area contributed by atoms with Crippen molar-refractivity contribution in [2.45, 2.75) is 39.5 Å². The van der Waals surface area contributed by atoms with Gasteiger partial charge >= 0.3 is 0 Å². The van der Waals surface area contributed by atoms with E-state index in [1.807, 2.05) is 30.0 Å². The lowest BCUT2D eigenvalue weighted by Gasteiger charge is -2.35. The van der Waals surface area contributed by atoms with Crippen LogP contribution in [0.4, 0.5) is 5.82 Å². The van der Waals surface area contributed by atoms with Crippen LogP contribution < -0.4 is 5.32 Å². The molecule has 0 spiro atoms. The highest BCUT2D eigenvalue weighted by atomic mass is 16.2. The lowest BCUT2D eigenvalue weighted by Crippen LogP contribution is -2.48. The number of aryl methyl sites for hydroxylation is 1. The number of hydrogen-bond acceptors (Lipinski definition) is 4. The molecule has 2 atom stereocenters. The number of aromatic nitrogens is 1. The normalized spacial score (nSPS) is 24.3.